The smallest absolute Gasteiger partial charge is 0.233 e. The largest absolute Gasteiger partial charge is 0.326 e. The van der Waals surface area contributed by atoms with Gasteiger partial charge in [-0.05, 0) is 80.0 Å². The first kappa shape index (κ1) is 18.8. The highest BCUT2D eigenvalue weighted by molar-refractivity contribution is 9.10. The highest BCUT2D eigenvalue weighted by Gasteiger charge is 2.67. The fraction of sp³-hybridized carbons (Fsp3) is 0.542. The van der Waals surface area contributed by atoms with Crippen LogP contribution in [0.25, 0.3) is 0 Å². The summed E-state index contributed by atoms with van der Waals surface area (Å²) in [4.78, 5) is 40.8. The van der Waals surface area contributed by atoms with Crippen LogP contribution in [0.2, 0.25) is 0 Å². The number of rotatable bonds is 3. The molecular weight excluding hydrogens is 444 g/mol. The molecule has 6 atom stereocenters. The molecule has 1 saturated heterocycles. The Hall–Kier alpha value is -1.95. The summed E-state index contributed by atoms with van der Waals surface area (Å²) in [5.41, 5.74) is 0.792. The molecule has 5 nitrogen and oxygen atoms in total. The summed E-state index contributed by atoms with van der Waals surface area (Å²) < 4.78 is 0.975. The zero-order valence-electron chi connectivity index (χ0n) is 16.7. The number of hydrogen-bond donors (Lipinski definition) is 1. The molecule has 0 aromatic heterocycles. The number of amides is 3. The molecule has 3 amide bonds. The first-order valence-corrected chi connectivity index (χ1v) is 11.9. The van der Waals surface area contributed by atoms with Crippen molar-refractivity contribution in [2.45, 2.75) is 38.1 Å². The third-order valence-electron chi connectivity index (χ3n) is 8.24. The summed E-state index contributed by atoms with van der Waals surface area (Å²) >= 11 is 3.40. The number of halogens is 1. The van der Waals surface area contributed by atoms with Crippen molar-refractivity contribution in [2.24, 2.45) is 41.4 Å². The maximum Gasteiger partial charge on any atom is 0.233 e. The molecule has 1 aromatic carbocycles. The Balaban J connectivity index is 1.11. The van der Waals surface area contributed by atoms with Crippen molar-refractivity contribution in [3.8, 4) is 0 Å². The van der Waals surface area contributed by atoms with E-state index >= 15 is 0 Å². The molecule has 1 N–H and O–H groups in total. The first-order chi connectivity index (χ1) is 14.5. The van der Waals surface area contributed by atoms with Crippen molar-refractivity contribution in [2.75, 3.05) is 5.32 Å². The van der Waals surface area contributed by atoms with E-state index in [2.05, 4.69) is 33.4 Å². The maximum absolute atomic E-state index is 13.3. The number of imide groups is 1. The predicted octanol–water partition coefficient (Wildman–Crippen LogP) is 4.00. The Morgan fingerprint density at radius 2 is 1.47 bits per heavy atom. The van der Waals surface area contributed by atoms with E-state index < -0.39 is 0 Å². The average Bonchev–Trinajstić information content (AvgIpc) is 3.53. The molecule has 1 heterocycles. The summed E-state index contributed by atoms with van der Waals surface area (Å²) in [6.07, 6.45) is 8.52. The van der Waals surface area contributed by atoms with Crippen LogP contribution in [-0.2, 0) is 14.4 Å². The average molecular weight is 469 g/mol. The normalized spacial score (nSPS) is 40.9. The van der Waals surface area contributed by atoms with Crippen LogP contribution in [0.5, 0.6) is 0 Å². The molecule has 6 heteroatoms. The molecule has 1 aromatic rings. The van der Waals surface area contributed by atoms with Crippen LogP contribution in [0.1, 0.15) is 32.1 Å². The Bertz CT molecular complexity index is 914. The third-order valence-corrected chi connectivity index (χ3v) is 8.77. The van der Waals surface area contributed by atoms with Crippen molar-refractivity contribution in [1.82, 2.24) is 4.90 Å². The number of allylic oxidation sites excluding steroid dienone is 2. The van der Waals surface area contributed by atoms with Gasteiger partial charge in [-0.15, -0.1) is 0 Å². The monoisotopic (exact) mass is 468 g/mol. The molecule has 3 saturated carbocycles. The van der Waals surface area contributed by atoms with Gasteiger partial charge in [0.15, 0.2) is 0 Å². The van der Waals surface area contributed by atoms with E-state index in [1.807, 2.05) is 24.3 Å². The highest BCUT2D eigenvalue weighted by Crippen LogP contribution is 2.65. The van der Waals surface area contributed by atoms with Crippen LogP contribution in [0.3, 0.4) is 0 Å². The van der Waals surface area contributed by atoms with Crippen LogP contribution in [-0.4, -0.2) is 28.7 Å². The number of anilines is 1. The number of likely N-dealkylation sites (tertiary alicyclic amines) is 1. The number of hydrogen-bond acceptors (Lipinski definition) is 3. The standard InChI is InChI=1S/C24H25BrN2O3/c25-13-3-5-14(6-4-13)26-22(28)12-1-7-15(8-2-12)27-23(29)20-16-9-10-17(19-11-18(16)19)21(20)24(27)30/h3-6,9-10,12,15-21H,1-2,7-8,11H2,(H,26,28)/t12?,15?,16-,17-,18-,19+,20-,21-/m1/s1. The number of nitrogens with one attached hydrogen (secondary N) is 1. The maximum atomic E-state index is 13.3. The quantitative estimate of drug-likeness (QED) is 0.538. The zero-order chi connectivity index (χ0) is 20.6. The number of carbonyl (C=O) groups excluding carboxylic acids is 3. The van der Waals surface area contributed by atoms with E-state index in [-0.39, 0.29) is 53.4 Å². The number of nitrogens with zero attached hydrogens (tertiary/aromatic N) is 1. The molecule has 2 bridgehead atoms. The fourth-order valence-corrected chi connectivity index (χ4v) is 6.98. The molecule has 0 unspecified atom stereocenters. The lowest BCUT2D eigenvalue weighted by Gasteiger charge is -2.37. The van der Waals surface area contributed by atoms with Gasteiger partial charge in [-0.3, -0.25) is 19.3 Å². The van der Waals surface area contributed by atoms with Gasteiger partial charge in [0.25, 0.3) is 0 Å². The van der Waals surface area contributed by atoms with Gasteiger partial charge in [0.1, 0.15) is 0 Å². The highest BCUT2D eigenvalue weighted by atomic mass is 79.9. The van der Waals surface area contributed by atoms with Gasteiger partial charge in [0.05, 0.1) is 11.8 Å². The topological polar surface area (TPSA) is 66.5 Å². The zero-order valence-corrected chi connectivity index (χ0v) is 18.3. The van der Waals surface area contributed by atoms with Crippen molar-refractivity contribution in [1.29, 1.82) is 0 Å². The van der Waals surface area contributed by atoms with Gasteiger partial charge in [-0.25, -0.2) is 0 Å². The van der Waals surface area contributed by atoms with Crippen LogP contribution >= 0.6 is 15.9 Å². The Kier molecular flexibility index (Phi) is 4.24. The van der Waals surface area contributed by atoms with Crippen molar-refractivity contribution in [3.05, 3.63) is 40.9 Å². The Morgan fingerprint density at radius 3 is 2.03 bits per heavy atom. The molecule has 0 spiro atoms. The minimum Gasteiger partial charge on any atom is -0.326 e. The second kappa shape index (κ2) is 6.78. The second-order valence-electron chi connectivity index (χ2n) is 9.70. The molecule has 1 aliphatic heterocycles. The van der Waals surface area contributed by atoms with E-state index in [4.69, 9.17) is 0 Å². The summed E-state index contributed by atoms with van der Waals surface area (Å²) in [5, 5.41) is 3.00. The Labute approximate surface area is 184 Å². The summed E-state index contributed by atoms with van der Waals surface area (Å²) in [6.45, 7) is 0. The van der Waals surface area contributed by atoms with E-state index in [9.17, 15) is 14.4 Å². The summed E-state index contributed by atoms with van der Waals surface area (Å²) in [5.74, 6) is 1.70. The number of benzene rings is 1. The van der Waals surface area contributed by atoms with Crippen LogP contribution < -0.4 is 5.32 Å². The molecule has 156 valence electrons. The summed E-state index contributed by atoms with van der Waals surface area (Å²) in [6, 6.07) is 7.53. The molecule has 6 aliphatic rings. The van der Waals surface area contributed by atoms with Crippen molar-refractivity contribution < 1.29 is 14.4 Å². The van der Waals surface area contributed by atoms with Gasteiger partial charge in [-0.1, -0.05) is 28.1 Å². The lowest BCUT2D eigenvalue weighted by molar-refractivity contribution is -0.144. The van der Waals surface area contributed by atoms with Gasteiger partial charge in [-0.2, -0.15) is 0 Å². The van der Waals surface area contributed by atoms with Gasteiger partial charge < -0.3 is 5.32 Å². The molecule has 7 rings (SSSR count). The molecule has 30 heavy (non-hydrogen) atoms. The van der Waals surface area contributed by atoms with Crippen LogP contribution in [0, 0.1) is 41.4 Å². The SMILES string of the molecule is O=C(Nc1ccc(Br)cc1)C1CCC(N2C(=O)[C@@H]3[C@@H]4C=C[C@H]([C@@H]5C[C@H]45)[C@H]3C2=O)CC1. The fourth-order valence-electron chi connectivity index (χ4n) is 6.71. The molecule has 4 fully saturated rings. The first-order valence-electron chi connectivity index (χ1n) is 11.1. The third kappa shape index (κ3) is 2.75. The number of carbonyl (C=O) groups is 3. The van der Waals surface area contributed by atoms with E-state index in [0.717, 1.165) is 35.8 Å². The second-order valence-corrected chi connectivity index (χ2v) is 10.6. The minimum atomic E-state index is -0.116. The van der Waals surface area contributed by atoms with E-state index in [1.165, 1.54) is 6.42 Å². The minimum absolute atomic E-state index is 0.0332. The lowest BCUT2D eigenvalue weighted by atomic mass is 9.63. The van der Waals surface area contributed by atoms with Gasteiger partial charge >= 0.3 is 0 Å². The van der Waals surface area contributed by atoms with E-state index in [0.29, 0.717) is 11.8 Å². The predicted molar refractivity (Wildman–Crippen MR) is 115 cm³/mol. The van der Waals surface area contributed by atoms with Crippen LogP contribution in [0.4, 0.5) is 5.69 Å². The molecular formula is C24H25BrN2O3. The summed E-state index contributed by atoms with van der Waals surface area (Å²) in [7, 11) is 0. The van der Waals surface area contributed by atoms with E-state index in [1.54, 1.807) is 4.90 Å². The van der Waals surface area contributed by atoms with Crippen LogP contribution in [0.15, 0.2) is 40.9 Å². The van der Waals surface area contributed by atoms with Gasteiger partial charge in [0, 0.05) is 22.1 Å². The van der Waals surface area contributed by atoms with Crippen molar-refractivity contribution in [3.63, 3.8) is 0 Å². The molecule has 0 radical (unpaired) electrons. The lowest BCUT2D eigenvalue weighted by Crippen LogP contribution is -2.44. The Morgan fingerprint density at radius 1 is 0.900 bits per heavy atom. The van der Waals surface area contributed by atoms with Crippen molar-refractivity contribution >= 4 is 39.3 Å². The van der Waals surface area contributed by atoms with Gasteiger partial charge in [0.2, 0.25) is 17.7 Å². The molecule has 5 aliphatic carbocycles.